The Bertz CT molecular complexity index is 3570. The van der Waals surface area contributed by atoms with Gasteiger partial charge in [0.15, 0.2) is 17.5 Å². The third-order valence-electron chi connectivity index (χ3n) is 12.0. The summed E-state index contributed by atoms with van der Waals surface area (Å²) in [6.07, 6.45) is 0. The predicted molar refractivity (Wildman–Crippen MR) is 256 cm³/mol. The molecule has 9 aromatic carbocycles. The first-order chi connectivity index (χ1) is 30.7. The van der Waals surface area contributed by atoms with E-state index in [1.807, 2.05) is 12.1 Å². The Labute approximate surface area is 358 Å². The van der Waals surface area contributed by atoms with E-state index in [2.05, 4.69) is 221 Å². The van der Waals surface area contributed by atoms with Gasteiger partial charge in [0.1, 0.15) is 0 Å². The normalized spacial score (nSPS) is 11.5. The van der Waals surface area contributed by atoms with Gasteiger partial charge >= 0.3 is 0 Å². The number of rotatable bonds is 7. The van der Waals surface area contributed by atoms with Crippen molar-refractivity contribution in [3.63, 3.8) is 0 Å². The molecule has 3 heterocycles. The van der Waals surface area contributed by atoms with E-state index in [0.29, 0.717) is 17.5 Å². The van der Waals surface area contributed by atoms with E-state index in [4.69, 9.17) is 15.0 Å². The predicted octanol–water partition coefficient (Wildman–Crippen LogP) is 14.4. The minimum Gasteiger partial charge on any atom is -0.309 e. The van der Waals surface area contributed by atoms with Crippen LogP contribution in [-0.2, 0) is 0 Å². The molecule has 3 aromatic heterocycles. The summed E-state index contributed by atoms with van der Waals surface area (Å²) < 4.78 is 4.75. The molecule has 0 N–H and O–H groups in total. The van der Waals surface area contributed by atoms with Crippen LogP contribution in [0.3, 0.4) is 0 Å². The van der Waals surface area contributed by atoms with Crippen LogP contribution in [0.2, 0.25) is 0 Å². The van der Waals surface area contributed by atoms with Crippen molar-refractivity contribution >= 4 is 43.6 Å². The zero-order valence-corrected chi connectivity index (χ0v) is 33.6. The molecule has 0 atom stereocenters. The number of hydrogen-bond donors (Lipinski definition) is 0. The summed E-state index contributed by atoms with van der Waals surface area (Å²) in [5.41, 5.74) is 14.0. The lowest BCUT2D eigenvalue weighted by Crippen LogP contribution is -2.02. The van der Waals surface area contributed by atoms with Crippen molar-refractivity contribution in [3.05, 3.63) is 224 Å². The fourth-order valence-corrected chi connectivity index (χ4v) is 9.11. The molecule has 0 spiro atoms. The lowest BCUT2D eigenvalue weighted by molar-refractivity contribution is 1.07. The van der Waals surface area contributed by atoms with Crippen LogP contribution in [0, 0.1) is 0 Å². The third kappa shape index (κ3) is 5.98. The summed E-state index contributed by atoms with van der Waals surface area (Å²) in [7, 11) is 0. The van der Waals surface area contributed by atoms with Gasteiger partial charge in [-0.25, -0.2) is 15.0 Å². The highest BCUT2D eigenvalue weighted by atomic mass is 15.0. The zero-order chi connectivity index (χ0) is 41.0. The topological polar surface area (TPSA) is 48.5 Å². The molecule has 5 nitrogen and oxygen atoms in total. The SMILES string of the molecule is c1ccc(-c2ccc(-c3nc(-c4cccc(-n5c6ccccc6c6cc(-n7c8ccccc8c8ccccc87)ccc65)c4)nc(-c4ccccc4-c4ccccc4)n3)cc2)cc1. The summed E-state index contributed by atoms with van der Waals surface area (Å²) in [6, 6.07) is 79.2. The fourth-order valence-electron chi connectivity index (χ4n) is 9.11. The maximum Gasteiger partial charge on any atom is 0.164 e. The van der Waals surface area contributed by atoms with Crippen molar-refractivity contribution in [3.8, 4) is 67.8 Å². The average molecular weight is 792 g/mol. The number of fused-ring (bicyclic) bond motifs is 6. The first kappa shape index (κ1) is 35.5. The Morgan fingerprint density at radius 2 is 0.677 bits per heavy atom. The van der Waals surface area contributed by atoms with E-state index < -0.39 is 0 Å². The molecule has 0 aliphatic carbocycles. The molecule has 0 saturated heterocycles. The molecule has 0 aliphatic heterocycles. The molecule has 12 aromatic rings. The van der Waals surface area contributed by atoms with Gasteiger partial charge < -0.3 is 9.13 Å². The first-order valence-electron chi connectivity index (χ1n) is 20.9. The highest BCUT2D eigenvalue weighted by Gasteiger charge is 2.19. The van der Waals surface area contributed by atoms with Gasteiger partial charge in [0.2, 0.25) is 0 Å². The summed E-state index contributed by atoms with van der Waals surface area (Å²) in [5.74, 6) is 1.85. The fraction of sp³-hybridized carbons (Fsp3) is 0. The minimum atomic E-state index is 0.608. The quantitative estimate of drug-likeness (QED) is 0.162. The van der Waals surface area contributed by atoms with Crippen LogP contribution >= 0.6 is 0 Å². The van der Waals surface area contributed by atoms with E-state index in [0.717, 1.165) is 61.4 Å². The lowest BCUT2D eigenvalue weighted by atomic mass is 9.99. The third-order valence-corrected chi connectivity index (χ3v) is 12.0. The second kappa shape index (κ2) is 14.7. The van der Waals surface area contributed by atoms with Crippen LogP contribution < -0.4 is 0 Å². The van der Waals surface area contributed by atoms with E-state index in [1.165, 1.54) is 32.6 Å². The monoisotopic (exact) mass is 791 g/mol. The van der Waals surface area contributed by atoms with Gasteiger partial charge in [-0.1, -0.05) is 176 Å². The number of benzene rings is 9. The summed E-state index contributed by atoms with van der Waals surface area (Å²) in [6.45, 7) is 0. The second-order valence-corrected chi connectivity index (χ2v) is 15.6. The van der Waals surface area contributed by atoms with Gasteiger partial charge in [-0.2, -0.15) is 0 Å². The van der Waals surface area contributed by atoms with Gasteiger partial charge in [0.25, 0.3) is 0 Å². The van der Waals surface area contributed by atoms with Crippen LogP contribution in [0.25, 0.3) is 111 Å². The van der Waals surface area contributed by atoms with Crippen molar-refractivity contribution in [2.75, 3.05) is 0 Å². The molecule has 0 radical (unpaired) electrons. The van der Waals surface area contributed by atoms with Crippen LogP contribution in [0.15, 0.2) is 224 Å². The first-order valence-corrected chi connectivity index (χ1v) is 20.9. The maximum absolute atomic E-state index is 5.25. The molecule has 0 aliphatic rings. The molecule has 0 fully saturated rings. The lowest BCUT2D eigenvalue weighted by Gasteiger charge is -2.13. The molecule has 5 heteroatoms. The Hall–Kier alpha value is -8.41. The highest BCUT2D eigenvalue weighted by molar-refractivity contribution is 6.12. The number of aromatic nitrogens is 5. The molecule has 0 amide bonds. The van der Waals surface area contributed by atoms with Crippen molar-refractivity contribution in [2.45, 2.75) is 0 Å². The van der Waals surface area contributed by atoms with Gasteiger partial charge in [-0.15, -0.1) is 0 Å². The molecular weight excluding hydrogens is 755 g/mol. The molecule has 62 heavy (non-hydrogen) atoms. The van der Waals surface area contributed by atoms with E-state index in [-0.39, 0.29) is 0 Å². The smallest absolute Gasteiger partial charge is 0.164 e. The summed E-state index contributed by atoms with van der Waals surface area (Å²) >= 11 is 0. The minimum absolute atomic E-state index is 0.608. The van der Waals surface area contributed by atoms with Gasteiger partial charge in [-0.05, 0) is 70.8 Å². The molecule has 0 unspecified atom stereocenters. The second-order valence-electron chi connectivity index (χ2n) is 15.6. The summed E-state index contributed by atoms with van der Waals surface area (Å²) in [4.78, 5) is 15.6. The Morgan fingerprint density at radius 3 is 1.32 bits per heavy atom. The molecule has 0 saturated carbocycles. The zero-order valence-electron chi connectivity index (χ0n) is 33.6. The highest BCUT2D eigenvalue weighted by Crippen LogP contribution is 2.38. The van der Waals surface area contributed by atoms with Gasteiger partial charge in [-0.3, -0.25) is 0 Å². The van der Waals surface area contributed by atoms with Crippen LogP contribution in [-0.4, -0.2) is 24.1 Å². The molecule has 290 valence electrons. The average Bonchev–Trinajstić information content (AvgIpc) is 3.87. The molecule has 0 bridgehead atoms. The van der Waals surface area contributed by atoms with E-state index in [1.54, 1.807) is 0 Å². The standard InChI is InChI=1S/C57H37N5/c1-3-16-38(17-4-1)39-30-32-41(33-31-39)55-58-56(60-57(59-55)49-26-8-7-22-45(49)40-18-5-2-6-19-40)42-20-15-21-43(36-42)61-53-29-14-11-25-48(53)50-37-44(34-35-54(50)61)62-51-27-12-9-23-46(51)47-24-10-13-28-52(47)62/h1-37H. The van der Waals surface area contributed by atoms with Crippen LogP contribution in [0.5, 0.6) is 0 Å². The maximum atomic E-state index is 5.25. The largest absolute Gasteiger partial charge is 0.309 e. The van der Waals surface area contributed by atoms with Crippen LogP contribution in [0.4, 0.5) is 0 Å². The van der Waals surface area contributed by atoms with Gasteiger partial charge in [0.05, 0.1) is 22.1 Å². The Balaban J connectivity index is 1.02. The molecular formula is C57H37N5. The van der Waals surface area contributed by atoms with E-state index >= 15 is 0 Å². The van der Waals surface area contributed by atoms with Crippen molar-refractivity contribution in [1.29, 1.82) is 0 Å². The number of para-hydroxylation sites is 3. The number of nitrogens with zero attached hydrogens (tertiary/aromatic N) is 5. The van der Waals surface area contributed by atoms with Crippen molar-refractivity contribution < 1.29 is 0 Å². The van der Waals surface area contributed by atoms with Gasteiger partial charge in [0, 0.05) is 49.6 Å². The Morgan fingerprint density at radius 1 is 0.242 bits per heavy atom. The summed E-state index contributed by atoms with van der Waals surface area (Å²) in [5, 5.41) is 4.88. The van der Waals surface area contributed by atoms with Crippen molar-refractivity contribution in [1.82, 2.24) is 24.1 Å². The molecule has 12 rings (SSSR count). The Kier molecular flexibility index (Phi) is 8.42. The van der Waals surface area contributed by atoms with E-state index in [9.17, 15) is 0 Å². The van der Waals surface area contributed by atoms with Crippen molar-refractivity contribution in [2.24, 2.45) is 0 Å². The van der Waals surface area contributed by atoms with Crippen LogP contribution in [0.1, 0.15) is 0 Å². The number of hydrogen-bond acceptors (Lipinski definition) is 3.